The second-order valence-electron chi connectivity index (χ2n) is 3.81. The van der Waals surface area contributed by atoms with E-state index in [2.05, 4.69) is 15.3 Å². The first-order valence-corrected chi connectivity index (χ1v) is 6.00. The number of aromatic nitrogens is 2. The van der Waals surface area contributed by atoms with Gasteiger partial charge in [-0.1, -0.05) is 41.9 Å². The fourth-order valence-electron chi connectivity index (χ4n) is 1.46. The number of amides is 1. The van der Waals surface area contributed by atoms with Gasteiger partial charge in [0.2, 0.25) is 0 Å². The van der Waals surface area contributed by atoms with Crippen molar-refractivity contribution in [2.45, 2.75) is 13.5 Å². The lowest BCUT2D eigenvalue weighted by Gasteiger charge is -2.07. The molecule has 1 aromatic heterocycles. The second-order valence-corrected chi connectivity index (χ2v) is 4.20. The van der Waals surface area contributed by atoms with Gasteiger partial charge < -0.3 is 4.74 Å². The molecule has 0 aliphatic rings. The van der Waals surface area contributed by atoms with Crippen molar-refractivity contribution in [1.29, 1.82) is 0 Å². The first-order valence-electron chi connectivity index (χ1n) is 5.62. The van der Waals surface area contributed by atoms with Crippen molar-refractivity contribution in [3.8, 4) is 0 Å². The molecule has 0 spiro atoms. The van der Waals surface area contributed by atoms with Gasteiger partial charge in [-0.3, -0.25) is 5.32 Å². The van der Waals surface area contributed by atoms with Crippen LogP contribution in [0.5, 0.6) is 0 Å². The van der Waals surface area contributed by atoms with Gasteiger partial charge in [0.15, 0.2) is 0 Å². The number of carbonyl (C=O) groups is 1. The van der Waals surface area contributed by atoms with Gasteiger partial charge in [0.25, 0.3) is 0 Å². The normalized spacial score (nSPS) is 10.0. The fourth-order valence-corrected chi connectivity index (χ4v) is 1.68. The molecule has 0 aliphatic heterocycles. The molecule has 0 radical (unpaired) electrons. The molecule has 0 atom stereocenters. The molecule has 5 nitrogen and oxygen atoms in total. The van der Waals surface area contributed by atoms with Crippen LogP contribution in [0.25, 0.3) is 0 Å². The van der Waals surface area contributed by atoms with E-state index < -0.39 is 6.09 Å². The van der Waals surface area contributed by atoms with E-state index in [1.807, 2.05) is 30.3 Å². The lowest BCUT2D eigenvalue weighted by molar-refractivity contribution is 0.155. The molecule has 1 amide bonds. The number of carbonyl (C=O) groups excluding carboxylic acids is 1. The molecule has 2 aromatic rings. The van der Waals surface area contributed by atoms with Crippen LogP contribution in [0.15, 0.2) is 36.4 Å². The Bertz CT molecular complexity index is 555. The summed E-state index contributed by atoms with van der Waals surface area (Å²) in [5.74, 6) is 0.793. The third-order valence-corrected chi connectivity index (χ3v) is 2.44. The summed E-state index contributed by atoms with van der Waals surface area (Å²) in [6, 6.07) is 10.9. The molecule has 0 unspecified atom stereocenters. The van der Waals surface area contributed by atoms with Gasteiger partial charge in [0.1, 0.15) is 23.4 Å². The number of benzene rings is 1. The SMILES string of the molecule is Cc1nc(Cl)cc(NC(=O)OCc2ccccc2)n1. The first kappa shape index (κ1) is 13.3. The number of nitrogens with zero attached hydrogens (tertiary/aromatic N) is 2. The molecule has 1 N–H and O–H groups in total. The standard InChI is InChI=1S/C13H12ClN3O2/c1-9-15-11(14)7-12(16-9)17-13(18)19-8-10-5-3-2-4-6-10/h2-7H,8H2,1H3,(H,15,16,17,18). The van der Waals surface area contributed by atoms with Crippen molar-refractivity contribution >= 4 is 23.5 Å². The zero-order valence-electron chi connectivity index (χ0n) is 10.3. The third kappa shape index (κ3) is 4.22. The number of anilines is 1. The van der Waals surface area contributed by atoms with Gasteiger partial charge >= 0.3 is 6.09 Å². The van der Waals surface area contributed by atoms with Crippen molar-refractivity contribution in [2.24, 2.45) is 0 Å². The maximum atomic E-state index is 11.6. The van der Waals surface area contributed by atoms with Crippen LogP contribution in [0.4, 0.5) is 10.6 Å². The average molecular weight is 278 g/mol. The summed E-state index contributed by atoms with van der Waals surface area (Å²) in [4.78, 5) is 19.5. The summed E-state index contributed by atoms with van der Waals surface area (Å²) in [5.41, 5.74) is 0.912. The summed E-state index contributed by atoms with van der Waals surface area (Å²) in [6.07, 6.45) is -0.585. The van der Waals surface area contributed by atoms with E-state index in [4.69, 9.17) is 16.3 Å². The van der Waals surface area contributed by atoms with Crippen LogP contribution in [0, 0.1) is 6.92 Å². The second kappa shape index (κ2) is 6.15. The van der Waals surface area contributed by atoms with Crippen molar-refractivity contribution < 1.29 is 9.53 Å². The van der Waals surface area contributed by atoms with Crippen LogP contribution in [0.2, 0.25) is 5.15 Å². The minimum atomic E-state index is -0.585. The summed E-state index contributed by atoms with van der Waals surface area (Å²) in [7, 11) is 0. The van der Waals surface area contributed by atoms with E-state index in [0.717, 1.165) is 5.56 Å². The average Bonchev–Trinajstić information content (AvgIpc) is 2.36. The molecule has 0 fully saturated rings. The van der Waals surface area contributed by atoms with E-state index in [1.54, 1.807) is 6.92 Å². The molecule has 19 heavy (non-hydrogen) atoms. The largest absolute Gasteiger partial charge is 0.444 e. The van der Waals surface area contributed by atoms with Crippen LogP contribution in [-0.2, 0) is 11.3 Å². The van der Waals surface area contributed by atoms with E-state index >= 15 is 0 Å². The number of hydrogen-bond donors (Lipinski definition) is 1. The Balaban J connectivity index is 1.91. The number of hydrogen-bond acceptors (Lipinski definition) is 4. The predicted octanol–water partition coefficient (Wildman–Crippen LogP) is 3.19. The number of nitrogens with one attached hydrogen (secondary N) is 1. The molecule has 0 saturated carbocycles. The zero-order chi connectivity index (χ0) is 13.7. The molecular formula is C13H12ClN3O2. The van der Waals surface area contributed by atoms with Crippen LogP contribution < -0.4 is 5.32 Å². The summed E-state index contributed by atoms with van der Waals surface area (Å²) in [6.45, 7) is 1.89. The Morgan fingerprint density at radius 3 is 2.74 bits per heavy atom. The molecule has 98 valence electrons. The van der Waals surface area contributed by atoms with Gasteiger partial charge in [-0.05, 0) is 12.5 Å². The molecular weight excluding hydrogens is 266 g/mol. The van der Waals surface area contributed by atoms with Crippen molar-refractivity contribution in [3.05, 3.63) is 52.9 Å². The zero-order valence-corrected chi connectivity index (χ0v) is 11.0. The van der Waals surface area contributed by atoms with Crippen LogP contribution in [0.1, 0.15) is 11.4 Å². The molecule has 2 rings (SSSR count). The Morgan fingerprint density at radius 2 is 2.05 bits per heavy atom. The number of rotatable bonds is 3. The molecule has 0 aliphatic carbocycles. The van der Waals surface area contributed by atoms with Crippen molar-refractivity contribution in [1.82, 2.24) is 9.97 Å². The smallest absolute Gasteiger partial charge is 0.413 e. The molecule has 1 heterocycles. The maximum absolute atomic E-state index is 11.6. The third-order valence-electron chi connectivity index (χ3n) is 2.25. The highest BCUT2D eigenvalue weighted by Crippen LogP contribution is 2.11. The van der Waals surface area contributed by atoms with E-state index in [-0.39, 0.29) is 11.8 Å². The minimum Gasteiger partial charge on any atom is -0.444 e. The lowest BCUT2D eigenvalue weighted by Crippen LogP contribution is -2.15. The summed E-state index contributed by atoms with van der Waals surface area (Å²) >= 11 is 5.76. The number of aryl methyl sites for hydroxylation is 1. The Labute approximate surface area is 115 Å². The number of ether oxygens (including phenoxy) is 1. The van der Waals surface area contributed by atoms with Gasteiger partial charge in [-0.25, -0.2) is 14.8 Å². The molecule has 0 saturated heterocycles. The van der Waals surface area contributed by atoms with Gasteiger partial charge in [-0.2, -0.15) is 0 Å². The Kier molecular flexibility index (Phi) is 4.30. The quantitative estimate of drug-likeness (QED) is 0.875. The highest BCUT2D eigenvalue weighted by Gasteiger charge is 2.06. The first-order chi connectivity index (χ1) is 9.13. The summed E-state index contributed by atoms with van der Waals surface area (Å²) in [5, 5.41) is 2.77. The van der Waals surface area contributed by atoms with Gasteiger partial charge in [0, 0.05) is 6.07 Å². The molecule has 1 aromatic carbocycles. The fraction of sp³-hybridized carbons (Fsp3) is 0.154. The highest BCUT2D eigenvalue weighted by atomic mass is 35.5. The maximum Gasteiger partial charge on any atom is 0.413 e. The van der Waals surface area contributed by atoms with E-state index in [0.29, 0.717) is 11.6 Å². The summed E-state index contributed by atoms with van der Waals surface area (Å²) < 4.78 is 5.06. The highest BCUT2D eigenvalue weighted by molar-refractivity contribution is 6.29. The van der Waals surface area contributed by atoms with Crippen molar-refractivity contribution in [2.75, 3.05) is 5.32 Å². The molecule has 0 bridgehead atoms. The van der Waals surface area contributed by atoms with Crippen molar-refractivity contribution in [3.63, 3.8) is 0 Å². The van der Waals surface area contributed by atoms with E-state index in [1.165, 1.54) is 6.07 Å². The van der Waals surface area contributed by atoms with Crippen LogP contribution in [-0.4, -0.2) is 16.1 Å². The van der Waals surface area contributed by atoms with Gasteiger partial charge in [0.05, 0.1) is 0 Å². The van der Waals surface area contributed by atoms with E-state index in [9.17, 15) is 4.79 Å². The Hall–Kier alpha value is -2.14. The number of halogens is 1. The topological polar surface area (TPSA) is 64.1 Å². The monoisotopic (exact) mass is 277 g/mol. The van der Waals surface area contributed by atoms with Gasteiger partial charge in [-0.15, -0.1) is 0 Å². The molecule has 6 heteroatoms. The predicted molar refractivity (Wildman–Crippen MR) is 72.0 cm³/mol. The lowest BCUT2D eigenvalue weighted by atomic mass is 10.2. The van der Waals surface area contributed by atoms with Crippen LogP contribution in [0.3, 0.4) is 0 Å². The van der Waals surface area contributed by atoms with Crippen LogP contribution >= 0.6 is 11.6 Å². The Morgan fingerprint density at radius 1 is 1.32 bits per heavy atom. The minimum absolute atomic E-state index is 0.199.